The summed E-state index contributed by atoms with van der Waals surface area (Å²) in [6.07, 6.45) is 0.886. The molecule has 3 rings (SSSR count). The Morgan fingerprint density at radius 2 is 1.41 bits per heavy atom. The van der Waals surface area contributed by atoms with Crippen molar-refractivity contribution in [3.8, 4) is 0 Å². The predicted octanol–water partition coefficient (Wildman–Crippen LogP) is 4.69. The van der Waals surface area contributed by atoms with E-state index < -0.39 is 5.60 Å². The molecule has 1 N–H and O–H groups in total. The van der Waals surface area contributed by atoms with Gasteiger partial charge in [-0.3, -0.25) is 0 Å². The van der Waals surface area contributed by atoms with Crippen molar-refractivity contribution in [3.63, 3.8) is 0 Å². The fourth-order valence-corrected chi connectivity index (χ4v) is 4.35. The minimum atomic E-state index is -0.847. The normalized spacial score (nSPS) is 18.6. The van der Waals surface area contributed by atoms with Gasteiger partial charge < -0.3 is 14.9 Å². The fraction of sp³-hybridized carbons (Fsp3) is 0.520. The molecule has 0 bridgehead atoms. The molecule has 3 nitrogen and oxygen atoms in total. The van der Waals surface area contributed by atoms with E-state index in [9.17, 15) is 5.11 Å². The number of hydrogen-bond acceptors (Lipinski definition) is 3. The molecule has 0 aliphatic carbocycles. The zero-order chi connectivity index (χ0) is 21.3. The minimum absolute atomic E-state index is 0.140. The summed E-state index contributed by atoms with van der Waals surface area (Å²) in [6.45, 7) is 9.57. The van der Waals surface area contributed by atoms with E-state index in [0.717, 1.165) is 44.7 Å². The third-order valence-electron chi connectivity index (χ3n) is 6.14. The molecule has 160 valence electrons. The quantitative estimate of drug-likeness (QED) is 0.435. The van der Waals surface area contributed by atoms with E-state index in [1.165, 1.54) is 5.56 Å². The maximum absolute atomic E-state index is 12.0. The monoisotopic (exact) mass is 508 g/mol. The van der Waals surface area contributed by atoms with Crippen LogP contribution in [0.25, 0.3) is 0 Å². The molecular formula is C25H37IN2O. The molecule has 1 saturated heterocycles. The molecule has 2 atom stereocenters. The lowest BCUT2D eigenvalue weighted by molar-refractivity contribution is -0.0778. The van der Waals surface area contributed by atoms with Crippen LogP contribution in [0.15, 0.2) is 60.7 Å². The Labute approximate surface area is 191 Å². The van der Waals surface area contributed by atoms with Crippen molar-refractivity contribution in [2.45, 2.75) is 25.9 Å². The molecule has 29 heavy (non-hydrogen) atoms. The van der Waals surface area contributed by atoms with Gasteiger partial charge in [0.25, 0.3) is 0 Å². The van der Waals surface area contributed by atoms with Crippen molar-refractivity contribution in [2.24, 2.45) is 11.8 Å². The molecule has 1 fully saturated rings. The van der Waals surface area contributed by atoms with Crippen molar-refractivity contribution in [1.29, 1.82) is 0 Å². The summed E-state index contributed by atoms with van der Waals surface area (Å²) < 4.78 is 0. The standard InChI is InChI=1S/C24H34N2O.CH3I/c1-20(2)24(27,22-12-8-5-9-13-22)23(18-21-10-6-4-7-11-21)19-26-16-14-25(3)15-17-26;1-2/h4-13,20,23,27H,14-19H2,1-3H3;1H3. The number of aliphatic hydroxyl groups is 1. The lowest BCUT2D eigenvalue weighted by Gasteiger charge is -2.44. The maximum Gasteiger partial charge on any atom is 0.0962 e. The topological polar surface area (TPSA) is 26.7 Å². The number of rotatable bonds is 7. The van der Waals surface area contributed by atoms with Gasteiger partial charge in [0.05, 0.1) is 5.60 Å². The third kappa shape index (κ3) is 6.51. The van der Waals surface area contributed by atoms with Crippen molar-refractivity contribution >= 4 is 22.6 Å². The maximum atomic E-state index is 12.0. The third-order valence-corrected chi connectivity index (χ3v) is 6.14. The summed E-state index contributed by atoms with van der Waals surface area (Å²) >= 11 is 2.15. The number of hydrogen-bond donors (Lipinski definition) is 1. The molecule has 0 saturated carbocycles. The van der Waals surface area contributed by atoms with E-state index in [-0.39, 0.29) is 11.8 Å². The second-order valence-electron chi connectivity index (χ2n) is 8.34. The highest BCUT2D eigenvalue weighted by Gasteiger charge is 2.42. The van der Waals surface area contributed by atoms with Gasteiger partial charge in [0.1, 0.15) is 0 Å². The summed E-state index contributed by atoms with van der Waals surface area (Å²) in [7, 11) is 2.19. The van der Waals surface area contributed by atoms with Crippen LogP contribution in [0.3, 0.4) is 0 Å². The number of halogens is 1. The van der Waals surface area contributed by atoms with Crippen LogP contribution in [0.4, 0.5) is 0 Å². The Bertz CT molecular complexity index is 686. The van der Waals surface area contributed by atoms with Gasteiger partial charge in [-0.15, -0.1) is 0 Å². The zero-order valence-electron chi connectivity index (χ0n) is 18.4. The van der Waals surface area contributed by atoms with Crippen LogP contribution in [0.2, 0.25) is 0 Å². The highest BCUT2D eigenvalue weighted by Crippen LogP contribution is 2.39. The second kappa shape index (κ2) is 12.0. The average molecular weight is 508 g/mol. The summed E-state index contributed by atoms with van der Waals surface area (Å²) in [5, 5.41) is 12.0. The van der Waals surface area contributed by atoms with Gasteiger partial charge >= 0.3 is 0 Å². The highest BCUT2D eigenvalue weighted by atomic mass is 127. The highest BCUT2D eigenvalue weighted by molar-refractivity contribution is 14.1. The first-order valence-corrected chi connectivity index (χ1v) is 12.8. The van der Waals surface area contributed by atoms with Crippen LogP contribution in [0.1, 0.15) is 25.0 Å². The largest absolute Gasteiger partial charge is 0.385 e. The molecular weight excluding hydrogens is 471 g/mol. The molecule has 0 radical (unpaired) electrons. The van der Waals surface area contributed by atoms with Gasteiger partial charge in [-0.2, -0.15) is 0 Å². The minimum Gasteiger partial charge on any atom is -0.385 e. The molecule has 2 aromatic rings. The van der Waals surface area contributed by atoms with Crippen molar-refractivity contribution < 1.29 is 5.11 Å². The fourth-order valence-electron chi connectivity index (χ4n) is 4.35. The molecule has 0 aromatic heterocycles. The van der Waals surface area contributed by atoms with E-state index in [1.807, 2.05) is 23.1 Å². The molecule has 0 amide bonds. The van der Waals surface area contributed by atoms with Crippen molar-refractivity contribution in [1.82, 2.24) is 9.80 Å². The summed E-state index contributed by atoms with van der Waals surface area (Å²) in [4.78, 5) is 6.89. The molecule has 1 heterocycles. The lowest BCUT2D eigenvalue weighted by atomic mass is 9.71. The number of piperazine rings is 1. The molecule has 1 aliphatic rings. The van der Waals surface area contributed by atoms with Crippen LogP contribution in [0, 0.1) is 11.8 Å². The Morgan fingerprint density at radius 3 is 1.93 bits per heavy atom. The second-order valence-corrected chi connectivity index (χ2v) is 8.34. The zero-order valence-corrected chi connectivity index (χ0v) is 20.5. The van der Waals surface area contributed by atoms with Crippen LogP contribution < -0.4 is 0 Å². The van der Waals surface area contributed by atoms with Gasteiger partial charge in [-0.05, 0) is 35.4 Å². The summed E-state index contributed by atoms with van der Waals surface area (Å²) in [5.41, 5.74) is 1.49. The van der Waals surface area contributed by atoms with E-state index in [1.54, 1.807) is 0 Å². The number of nitrogens with zero attached hydrogens (tertiary/aromatic N) is 2. The van der Waals surface area contributed by atoms with Crippen LogP contribution in [-0.4, -0.2) is 59.6 Å². The van der Waals surface area contributed by atoms with Crippen LogP contribution in [-0.2, 0) is 12.0 Å². The van der Waals surface area contributed by atoms with Crippen molar-refractivity contribution in [3.05, 3.63) is 71.8 Å². The lowest BCUT2D eigenvalue weighted by Crippen LogP contribution is -2.51. The number of alkyl halides is 1. The van der Waals surface area contributed by atoms with E-state index >= 15 is 0 Å². The average Bonchev–Trinajstić information content (AvgIpc) is 2.77. The van der Waals surface area contributed by atoms with Crippen molar-refractivity contribution in [2.75, 3.05) is 44.7 Å². The predicted molar refractivity (Wildman–Crippen MR) is 133 cm³/mol. The SMILES string of the molecule is CC(C)C(O)(c1ccccc1)C(Cc1ccccc1)CN1CCN(C)CC1.CI. The van der Waals surface area contributed by atoms with E-state index in [2.05, 4.69) is 95.8 Å². The Morgan fingerprint density at radius 1 is 0.897 bits per heavy atom. The van der Waals surface area contributed by atoms with Gasteiger partial charge in [0, 0.05) is 38.6 Å². The number of benzene rings is 2. The first kappa shape index (κ1) is 24.3. The first-order valence-electron chi connectivity index (χ1n) is 10.6. The van der Waals surface area contributed by atoms with E-state index in [4.69, 9.17) is 0 Å². The molecule has 4 heteroatoms. The van der Waals surface area contributed by atoms with Crippen LogP contribution in [0.5, 0.6) is 0 Å². The first-order chi connectivity index (χ1) is 14.0. The number of likely N-dealkylation sites (N-methyl/N-ethyl adjacent to an activating group) is 1. The molecule has 0 spiro atoms. The van der Waals surface area contributed by atoms with Crippen LogP contribution >= 0.6 is 22.6 Å². The Kier molecular flexibility index (Phi) is 10.1. The molecule has 1 aliphatic heterocycles. The van der Waals surface area contributed by atoms with Gasteiger partial charge in [-0.1, -0.05) is 97.1 Å². The van der Waals surface area contributed by atoms with E-state index in [0.29, 0.717) is 0 Å². The molecule has 2 unspecified atom stereocenters. The smallest absolute Gasteiger partial charge is 0.0962 e. The van der Waals surface area contributed by atoms with Gasteiger partial charge in [0.2, 0.25) is 0 Å². The van der Waals surface area contributed by atoms with Gasteiger partial charge in [0.15, 0.2) is 0 Å². The van der Waals surface area contributed by atoms with Gasteiger partial charge in [-0.25, -0.2) is 0 Å². The summed E-state index contributed by atoms with van der Waals surface area (Å²) in [6, 6.07) is 20.9. The Hall–Kier alpha value is -0.950. The summed E-state index contributed by atoms with van der Waals surface area (Å²) in [5.74, 6) is 0.284. The Balaban J connectivity index is 0.00000145. The molecule has 2 aromatic carbocycles.